The molecule has 0 spiro atoms. The average Bonchev–Trinajstić information content (AvgIpc) is 3.13. The zero-order valence-corrected chi connectivity index (χ0v) is 15.0. The van der Waals surface area contributed by atoms with E-state index in [9.17, 15) is 9.59 Å². The van der Waals surface area contributed by atoms with Gasteiger partial charge in [-0.2, -0.15) is 0 Å². The lowest BCUT2D eigenvalue weighted by molar-refractivity contribution is -0.126. The Labute approximate surface area is 142 Å². The number of oxazole rings is 1. The van der Waals surface area contributed by atoms with Gasteiger partial charge in [0.1, 0.15) is 23.9 Å². The lowest BCUT2D eigenvalue weighted by Crippen LogP contribution is -2.48. The van der Waals surface area contributed by atoms with E-state index in [0.717, 1.165) is 6.42 Å². The van der Waals surface area contributed by atoms with E-state index in [-0.39, 0.29) is 17.9 Å². The summed E-state index contributed by atoms with van der Waals surface area (Å²) >= 11 is 0. The van der Waals surface area contributed by atoms with E-state index in [2.05, 4.69) is 10.3 Å². The molecule has 0 radical (unpaired) electrons. The molecular weight excluding hydrogens is 310 g/mol. The monoisotopic (exact) mass is 337 g/mol. The number of hydrogen-bond acceptors (Lipinski definition) is 5. The summed E-state index contributed by atoms with van der Waals surface area (Å²) in [6.45, 7) is 9.93. The van der Waals surface area contributed by atoms with Crippen LogP contribution in [-0.4, -0.2) is 40.1 Å². The molecule has 1 fully saturated rings. The summed E-state index contributed by atoms with van der Waals surface area (Å²) in [6, 6.07) is -0.843. The number of aromatic nitrogens is 1. The van der Waals surface area contributed by atoms with Gasteiger partial charge in [0.05, 0.1) is 6.20 Å². The van der Waals surface area contributed by atoms with Crippen LogP contribution in [0.25, 0.3) is 0 Å². The fourth-order valence-corrected chi connectivity index (χ4v) is 2.73. The largest absolute Gasteiger partial charge is 0.447 e. The number of carbonyl (C=O) groups excluding carboxylic acids is 2. The van der Waals surface area contributed by atoms with Crippen LogP contribution in [0.1, 0.15) is 59.4 Å². The molecule has 7 heteroatoms. The Morgan fingerprint density at radius 1 is 1.42 bits per heavy atom. The molecule has 24 heavy (non-hydrogen) atoms. The van der Waals surface area contributed by atoms with Crippen molar-refractivity contribution in [2.75, 3.05) is 6.54 Å². The highest BCUT2D eigenvalue weighted by atomic mass is 16.6. The third-order valence-electron chi connectivity index (χ3n) is 3.87. The van der Waals surface area contributed by atoms with E-state index in [0.29, 0.717) is 18.9 Å². The lowest BCUT2D eigenvalue weighted by Gasteiger charge is -2.29. The highest BCUT2D eigenvalue weighted by Crippen LogP contribution is 2.24. The van der Waals surface area contributed by atoms with Crippen LogP contribution in [0.5, 0.6) is 0 Å². The summed E-state index contributed by atoms with van der Waals surface area (Å²) < 4.78 is 10.7. The fourth-order valence-electron chi connectivity index (χ4n) is 2.73. The molecule has 0 saturated carbocycles. The van der Waals surface area contributed by atoms with Crippen LogP contribution < -0.4 is 5.32 Å². The van der Waals surface area contributed by atoms with Crippen molar-refractivity contribution in [3.05, 3.63) is 18.4 Å². The third kappa shape index (κ3) is 4.49. The van der Waals surface area contributed by atoms with E-state index >= 15 is 0 Å². The number of likely N-dealkylation sites (tertiary alicyclic amines) is 1. The fraction of sp³-hybridized carbons (Fsp3) is 0.706. The summed E-state index contributed by atoms with van der Waals surface area (Å²) in [6.07, 6.45) is 4.00. The first kappa shape index (κ1) is 18.3. The Hall–Kier alpha value is -2.05. The molecule has 1 aliphatic rings. The number of nitrogens with one attached hydrogen (secondary N) is 1. The lowest BCUT2D eigenvalue weighted by atomic mass is 10.0. The van der Waals surface area contributed by atoms with Crippen LogP contribution in [0.2, 0.25) is 0 Å². The van der Waals surface area contributed by atoms with Gasteiger partial charge in [0, 0.05) is 6.54 Å². The molecule has 2 amide bonds. The van der Waals surface area contributed by atoms with E-state index < -0.39 is 17.7 Å². The smallest absolute Gasteiger partial charge is 0.410 e. The van der Waals surface area contributed by atoms with Crippen molar-refractivity contribution in [2.24, 2.45) is 5.92 Å². The van der Waals surface area contributed by atoms with Gasteiger partial charge in [0.25, 0.3) is 0 Å². The van der Waals surface area contributed by atoms with Gasteiger partial charge in [0.15, 0.2) is 0 Å². The molecule has 7 nitrogen and oxygen atoms in total. The van der Waals surface area contributed by atoms with E-state index in [1.54, 1.807) is 6.20 Å². The van der Waals surface area contributed by atoms with E-state index in [1.165, 1.54) is 11.2 Å². The van der Waals surface area contributed by atoms with Gasteiger partial charge in [-0.1, -0.05) is 13.8 Å². The normalized spacial score (nSPS) is 19.4. The Morgan fingerprint density at radius 2 is 2.12 bits per heavy atom. The summed E-state index contributed by atoms with van der Waals surface area (Å²) in [5, 5.41) is 2.96. The molecule has 2 atom stereocenters. The zero-order chi connectivity index (χ0) is 17.9. The van der Waals surface area contributed by atoms with Crippen LogP contribution >= 0.6 is 0 Å². The number of amides is 2. The highest BCUT2D eigenvalue weighted by molar-refractivity contribution is 5.86. The SMILES string of the molecule is CC(C)[C@@H](NC(=O)[C@@H]1CCCN1C(=O)OC(C)(C)C)c1ncco1. The summed E-state index contributed by atoms with van der Waals surface area (Å²) in [4.78, 5) is 30.7. The van der Waals surface area contributed by atoms with Crippen molar-refractivity contribution >= 4 is 12.0 Å². The maximum absolute atomic E-state index is 12.7. The quantitative estimate of drug-likeness (QED) is 0.913. The van der Waals surface area contributed by atoms with E-state index in [1.807, 2.05) is 34.6 Å². The third-order valence-corrected chi connectivity index (χ3v) is 3.87. The molecule has 1 aromatic heterocycles. The molecule has 0 unspecified atom stereocenters. The second-order valence-corrected chi connectivity index (χ2v) is 7.43. The van der Waals surface area contributed by atoms with Crippen molar-refractivity contribution in [1.29, 1.82) is 0 Å². The predicted molar refractivity (Wildman–Crippen MR) is 88.2 cm³/mol. The van der Waals surface area contributed by atoms with Gasteiger partial charge < -0.3 is 14.5 Å². The molecule has 2 rings (SSSR count). The van der Waals surface area contributed by atoms with Crippen LogP contribution in [0, 0.1) is 5.92 Å². The van der Waals surface area contributed by atoms with Gasteiger partial charge >= 0.3 is 6.09 Å². The minimum atomic E-state index is -0.584. The van der Waals surface area contributed by atoms with Gasteiger partial charge in [0.2, 0.25) is 11.8 Å². The molecule has 1 aliphatic heterocycles. The molecule has 2 heterocycles. The molecule has 1 aromatic rings. The Morgan fingerprint density at radius 3 is 2.67 bits per heavy atom. The first-order chi connectivity index (χ1) is 11.2. The second kappa shape index (κ2) is 7.23. The maximum Gasteiger partial charge on any atom is 0.410 e. The van der Waals surface area contributed by atoms with Gasteiger partial charge in [-0.3, -0.25) is 9.69 Å². The van der Waals surface area contributed by atoms with Crippen molar-refractivity contribution in [2.45, 2.75) is 65.1 Å². The van der Waals surface area contributed by atoms with Gasteiger partial charge in [-0.05, 0) is 39.5 Å². The topological polar surface area (TPSA) is 84.7 Å². The number of rotatable bonds is 4. The summed E-state index contributed by atoms with van der Waals surface area (Å²) in [7, 11) is 0. The highest BCUT2D eigenvalue weighted by Gasteiger charge is 2.38. The summed E-state index contributed by atoms with van der Waals surface area (Å²) in [5.41, 5.74) is -0.584. The summed E-state index contributed by atoms with van der Waals surface area (Å²) in [5.74, 6) is 0.388. The molecule has 1 saturated heterocycles. The number of carbonyl (C=O) groups is 2. The Bertz CT molecular complexity index is 563. The zero-order valence-electron chi connectivity index (χ0n) is 15.0. The van der Waals surface area contributed by atoms with Gasteiger partial charge in [-0.25, -0.2) is 9.78 Å². The van der Waals surface area contributed by atoms with Crippen LogP contribution in [0.4, 0.5) is 4.79 Å². The predicted octanol–water partition coefficient (Wildman–Crippen LogP) is 2.89. The average molecular weight is 337 g/mol. The standard InChI is InChI=1S/C17H27N3O4/c1-11(2)13(15-18-8-10-23-15)19-14(21)12-7-6-9-20(12)16(22)24-17(3,4)5/h8,10-13H,6-7,9H2,1-5H3,(H,19,21)/t12-,13+/m0/s1. The van der Waals surface area contributed by atoms with Crippen molar-refractivity contribution in [1.82, 2.24) is 15.2 Å². The molecule has 0 bridgehead atoms. The molecule has 0 aliphatic carbocycles. The molecule has 134 valence electrons. The molecule has 1 N–H and O–H groups in total. The first-order valence-corrected chi connectivity index (χ1v) is 8.38. The number of ether oxygens (including phenoxy) is 1. The minimum absolute atomic E-state index is 0.115. The maximum atomic E-state index is 12.7. The van der Waals surface area contributed by atoms with Crippen molar-refractivity contribution in [3.8, 4) is 0 Å². The van der Waals surface area contributed by atoms with Gasteiger partial charge in [-0.15, -0.1) is 0 Å². The van der Waals surface area contributed by atoms with Crippen LogP contribution in [0.3, 0.4) is 0 Å². The number of hydrogen-bond donors (Lipinski definition) is 1. The Kier molecular flexibility index (Phi) is 5.51. The van der Waals surface area contributed by atoms with E-state index in [4.69, 9.17) is 9.15 Å². The first-order valence-electron chi connectivity index (χ1n) is 8.38. The second-order valence-electron chi connectivity index (χ2n) is 7.43. The molecular formula is C17H27N3O4. The van der Waals surface area contributed by atoms with Crippen LogP contribution in [0.15, 0.2) is 16.9 Å². The minimum Gasteiger partial charge on any atom is -0.447 e. The number of nitrogens with zero attached hydrogens (tertiary/aromatic N) is 2. The van der Waals surface area contributed by atoms with Crippen LogP contribution in [-0.2, 0) is 9.53 Å². The van der Waals surface area contributed by atoms with Crippen molar-refractivity contribution < 1.29 is 18.7 Å². The molecule has 0 aromatic carbocycles. The van der Waals surface area contributed by atoms with Crippen molar-refractivity contribution in [3.63, 3.8) is 0 Å². The Balaban J connectivity index is 2.06.